The number of carbonyl (C=O) groups excluding carboxylic acids is 1. The zero-order valence-electron chi connectivity index (χ0n) is 17.5. The van der Waals surface area contributed by atoms with Crippen LogP contribution in [0.25, 0.3) is 21.7 Å². The fourth-order valence-corrected chi connectivity index (χ4v) is 4.83. The normalized spacial score (nSPS) is 11.8. The van der Waals surface area contributed by atoms with Crippen LogP contribution in [0, 0.1) is 0 Å². The maximum Gasteiger partial charge on any atom is 0.338 e. The predicted octanol–water partition coefficient (Wildman–Crippen LogP) is 3.99. The molecule has 0 aliphatic rings. The molecule has 0 aliphatic carbocycles. The van der Waals surface area contributed by atoms with Gasteiger partial charge in [0.05, 0.1) is 10.5 Å². The largest absolute Gasteiger partial charge is 0.457 e. The molecule has 0 atom stereocenters. The lowest BCUT2D eigenvalue weighted by Crippen LogP contribution is -2.30. The number of fused-ring (bicyclic) bond motifs is 3. The van der Waals surface area contributed by atoms with Crippen molar-refractivity contribution >= 4 is 37.7 Å². The molecule has 8 heteroatoms. The van der Waals surface area contributed by atoms with Crippen molar-refractivity contribution in [2.24, 2.45) is 0 Å². The zero-order chi connectivity index (χ0) is 22.9. The molecule has 1 heterocycles. The van der Waals surface area contributed by atoms with Crippen LogP contribution >= 0.6 is 0 Å². The van der Waals surface area contributed by atoms with Gasteiger partial charge in [0, 0.05) is 23.1 Å². The first-order valence-electron chi connectivity index (χ1n) is 9.98. The Morgan fingerprint density at radius 2 is 1.81 bits per heavy atom. The number of sulfonamides is 1. The molecule has 0 unspecified atom stereocenters. The zero-order valence-corrected chi connectivity index (χ0v) is 18.3. The first-order chi connectivity index (χ1) is 15.2. The van der Waals surface area contributed by atoms with Crippen molar-refractivity contribution in [3.8, 4) is 0 Å². The molecule has 7 nitrogen and oxygen atoms in total. The number of hydrogen-bond acceptors (Lipinski definition) is 6. The molecule has 1 aromatic heterocycles. The molecule has 0 fully saturated rings. The summed E-state index contributed by atoms with van der Waals surface area (Å²) in [5, 5.41) is 2.51. The van der Waals surface area contributed by atoms with Crippen LogP contribution in [0.3, 0.4) is 0 Å². The Bertz CT molecular complexity index is 1490. The maximum absolute atomic E-state index is 12.7. The Labute approximate surface area is 184 Å². The van der Waals surface area contributed by atoms with Crippen LogP contribution in [0.1, 0.15) is 29.8 Å². The van der Waals surface area contributed by atoms with Gasteiger partial charge in [-0.2, -0.15) is 0 Å². The Morgan fingerprint density at radius 3 is 2.59 bits per heavy atom. The van der Waals surface area contributed by atoms with E-state index in [1.807, 2.05) is 30.3 Å². The lowest BCUT2D eigenvalue weighted by Gasteiger charge is -2.11. The number of carbonyl (C=O) groups is 1. The molecule has 0 bridgehead atoms. The Morgan fingerprint density at radius 1 is 1.03 bits per heavy atom. The summed E-state index contributed by atoms with van der Waals surface area (Å²) in [6.07, 6.45) is 0. The highest BCUT2D eigenvalue weighted by Crippen LogP contribution is 2.28. The van der Waals surface area contributed by atoms with Crippen LogP contribution in [-0.4, -0.2) is 20.4 Å². The monoisotopic (exact) mass is 451 g/mol. The van der Waals surface area contributed by atoms with E-state index in [2.05, 4.69) is 4.72 Å². The van der Waals surface area contributed by atoms with E-state index in [1.54, 1.807) is 19.9 Å². The minimum atomic E-state index is -3.75. The summed E-state index contributed by atoms with van der Waals surface area (Å²) in [5.41, 5.74) is 0.446. The molecular weight excluding hydrogens is 430 g/mol. The summed E-state index contributed by atoms with van der Waals surface area (Å²) in [4.78, 5) is 24.7. The molecule has 0 spiro atoms. The predicted molar refractivity (Wildman–Crippen MR) is 121 cm³/mol. The van der Waals surface area contributed by atoms with Gasteiger partial charge in [-0.05, 0) is 48.9 Å². The first kappa shape index (κ1) is 21.7. The number of ether oxygens (including phenoxy) is 1. The maximum atomic E-state index is 12.7. The van der Waals surface area contributed by atoms with Crippen molar-refractivity contribution in [3.63, 3.8) is 0 Å². The van der Waals surface area contributed by atoms with Crippen molar-refractivity contribution in [1.82, 2.24) is 4.72 Å². The quantitative estimate of drug-likeness (QED) is 0.270. The van der Waals surface area contributed by atoms with E-state index >= 15 is 0 Å². The molecule has 0 saturated heterocycles. The van der Waals surface area contributed by atoms with Crippen LogP contribution in [0.15, 0.2) is 80.8 Å². The topological polar surface area (TPSA) is 103 Å². The fraction of sp³-hybridized carbons (Fsp3) is 0.167. The van der Waals surface area contributed by atoms with Crippen molar-refractivity contribution in [1.29, 1.82) is 0 Å². The third kappa shape index (κ3) is 4.42. The molecule has 4 rings (SSSR count). The average molecular weight is 452 g/mol. The van der Waals surface area contributed by atoms with Gasteiger partial charge in [0.25, 0.3) is 0 Å². The van der Waals surface area contributed by atoms with Crippen molar-refractivity contribution in [2.75, 3.05) is 0 Å². The average Bonchev–Trinajstić information content (AvgIpc) is 2.76. The number of benzene rings is 3. The molecule has 164 valence electrons. The highest BCUT2D eigenvalue weighted by atomic mass is 32.2. The van der Waals surface area contributed by atoms with E-state index in [4.69, 9.17) is 9.15 Å². The van der Waals surface area contributed by atoms with E-state index in [9.17, 15) is 18.0 Å². The van der Waals surface area contributed by atoms with Crippen LogP contribution in [0.5, 0.6) is 0 Å². The van der Waals surface area contributed by atoms with Gasteiger partial charge in [0.15, 0.2) is 0 Å². The Balaban J connectivity index is 1.65. The van der Waals surface area contributed by atoms with Gasteiger partial charge in [0.1, 0.15) is 12.2 Å². The van der Waals surface area contributed by atoms with Gasteiger partial charge in [-0.3, -0.25) is 0 Å². The summed E-state index contributed by atoms with van der Waals surface area (Å²) in [5.74, 6) is -0.701. The van der Waals surface area contributed by atoms with Crippen LogP contribution in [0.2, 0.25) is 0 Å². The summed E-state index contributed by atoms with van der Waals surface area (Å²) in [6, 6.07) is 17.8. The van der Waals surface area contributed by atoms with E-state index < -0.39 is 21.6 Å². The Kier molecular flexibility index (Phi) is 5.82. The molecule has 3 aromatic carbocycles. The van der Waals surface area contributed by atoms with Crippen LogP contribution in [-0.2, 0) is 21.4 Å². The smallest absolute Gasteiger partial charge is 0.338 e. The van der Waals surface area contributed by atoms with Gasteiger partial charge >= 0.3 is 11.6 Å². The second kappa shape index (κ2) is 8.57. The third-order valence-electron chi connectivity index (χ3n) is 4.84. The molecule has 0 saturated carbocycles. The number of rotatable bonds is 6. The lowest BCUT2D eigenvalue weighted by molar-refractivity contribution is 0.0473. The van der Waals surface area contributed by atoms with Crippen molar-refractivity contribution in [2.45, 2.75) is 31.4 Å². The second-order valence-electron chi connectivity index (χ2n) is 7.63. The Hall–Kier alpha value is -3.49. The van der Waals surface area contributed by atoms with Gasteiger partial charge in [0.2, 0.25) is 10.0 Å². The van der Waals surface area contributed by atoms with E-state index in [0.29, 0.717) is 16.5 Å². The third-order valence-corrected chi connectivity index (χ3v) is 6.50. The van der Waals surface area contributed by atoms with Gasteiger partial charge in [-0.25, -0.2) is 22.7 Å². The van der Waals surface area contributed by atoms with Crippen LogP contribution < -0.4 is 10.3 Å². The van der Waals surface area contributed by atoms with Gasteiger partial charge in [-0.1, -0.05) is 36.4 Å². The van der Waals surface area contributed by atoms with Crippen molar-refractivity contribution in [3.05, 3.63) is 88.3 Å². The lowest BCUT2D eigenvalue weighted by atomic mass is 10.0. The van der Waals surface area contributed by atoms with E-state index in [0.717, 1.165) is 10.8 Å². The minimum absolute atomic E-state index is 0.0301. The molecular formula is C24H21NO6S. The first-order valence-corrected chi connectivity index (χ1v) is 11.5. The molecule has 0 aliphatic heterocycles. The van der Waals surface area contributed by atoms with Crippen molar-refractivity contribution < 1.29 is 22.4 Å². The minimum Gasteiger partial charge on any atom is -0.457 e. The summed E-state index contributed by atoms with van der Waals surface area (Å²) in [6.45, 7) is 3.25. The number of nitrogens with one attached hydrogen (secondary N) is 1. The molecule has 4 aromatic rings. The van der Waals surface area contributed by atoms with Gasteiger partial charge in [-0.15, -0.1) is 0 Å². The second-order valence-corrected chi connectivity index (χ2v) is 9.34. The molecule has 0 radical (unpaired) electrons. The standard InChI is InChI=1S/C24H21NO6S/c1-15(2)25-32(28,29)19-8-5-7-17(12-19)24(27)30-14-18-13-22(26)31-21-11-10-16-6-3-4-9-20(16)23(18)21/h3-13,15,25H,14H2,1-2H3. The highest BCUT2D eigenvalue weighted by molar-refractivity contribution is 7.89. The summed E-state index contributed by atoms with van der Waals surface area (Å²) >= 11 is 0. The number of hydrogen-bond donors (Lipinski definition) is 1. The van der Waals surface area contributed by atoms with E-state index in [-0.39, 0.29) is 23.1 Å². The SMILES string of the molecule is CC(C)NS(=O)(=O)c1cccc(C(=O)OCc2cc(=O)oc3ccc4ccccc4c23)c1. The molecule has 32 heavy (non-hydrogen) atoms. The summed E-state index contributed by atoms with van der Waals surface area (Å²) in [7, 11) is -3.75. The van der Waals surface area contributed by atoms with E-state index in [1.165, 1.54) is 30.3 Å². The number of esters is 1. The van der Waals surface area contributed by atoms with Gasteiger partial charge < -0.3 is 9.15 Å². The summed E-state index contributed by atoms with van der Waals surface area (Å²) < 4.78 is 38.0. The van der Waals surface area contributed by atoms with Crippen LogP contribution in [0.4, 0.5) is 0 Å². The molecule has 0 amide bonds. The fourth-order valence-electron chi connectivity index (χ4n) is 3.53. The highest BCUT2D eigenvalue weighted by Gasteiger charge is 2.18. The molecule has 1 N–H and O–H groups in total.